The molecule has 0 unspecified atom stereocenters. The van der Waals surface area contributed by atoms with E-state index in [4.69, 9.17) is 4.74 Å². The fourth-order valence-electron chi connectivity index (χ4n) is 5.13. The van der Waals surface area contributed by atoms with E-state index in [9.17, 15) is 9.59 Å². The Morgan fingerprint density at radius 2 is 1.36 bits per heavy atom. The zero-order chi connectivity index (χ0) is 25.2. The first-order chi connectivity index (χ1) is 17.7. The second kappa shape index (κ2) is 13.1. The van der Waals surface area contributed by atoms with Gasteiger partial charge in [-0.2, -0.15) is 0 Å². The zero-order valence-electron chi connectivity index (χ0n) is 21.2. The standard InChI is InChI=1S/C32H37NO3/c1-2-3-4-5-6-10-21-31(34)30(22-24-15-8-7-9-16-24)33-32(35)36-23-29-27-19-13-11-17-25(27)26-18-12-14-20-28(26)29/h7-9,11-20,29-30H,2-6,10,21-23H2,1H3,(H,33,35)/t30-/m0/s1. The average Bonchev–Trinajstić information content (AvgIpc) is 3.23. The minimum Gasteiger partial charge on any atom is -0.449 e. The van der Waals surface area contributed by atoms with Crippen molar-refractivity contribution in [1.82, 2.24) is 5.32 Å². The maximum atomic E-state index is 13.1. The number of alkyl carbamates (subject to hydrolysis) is 1. The highest BCUT2D eigenvalue weighted by atomic mass is 16.5. The van der Waals surface area contributed by atoms with Gasteiger partial charge in [0.25, 0.3) is 0 Å². The molecule has 0 saturated heterocycles. The molecular weight excluding hydrogens is 446 g/mol. The fraction of sp³-hybridized carbons (Fsp3) is 0.375. The molecule has 4 nitrogen and oxygen atoms in total. The smallest absolute Gasteiger partial charge is 0.407 e. The Hall–Kier alpha value is -3.40. The summed E-state index contributed by atoms with van der Waals surface area (Å²) in [5.74, 6) is 0.0670. The predicted octanol–water partition coefficient (Wildman–Crippen LogP) is 7.46. The van der Waals surface area contributed by atoms with Crippen LogP contribution >= 0.6 is 0 Å². The summed E-state index contributed by atoms with van der Waals surface area (Å²) in [6.07, 6.45) is 7.16. The van der Waals surface area contributed by atoms with E-state index in [0.717, 1.165) is 24.8 Å². The molecule has 0 saturated carbocycles. The third-order valence-corrected chi connectivity index (χ3v) is 7.08. The van der Waals surface area contributed by atoms with Crippen molar-refractivity contribution in [2.24, 2.45) is 0 Å². The van der Waals surface area contributed by atoms with Gasteiger partial charge in [-0.3, -0.25) is 4.79 Å². The van der Waals surface area contributed by atoms with Crippen LogP contribution in [0.3, 0.4) is 0 Å². The van der Waals surface area contributed by atoms with Crippen molar-refractivity contribution in [1.29, 1.82) is 0 Å². The van der Waals surface area contributed by atoms with Crippen molar-refractivity contribution in [2.45, 2.75) is 70.3 Å². The summed E-state index contributed by atoms with van der Waals surface area (Å²) < 4.78 is 5.73. The van der Waals surface area contributed by atoms with Gasteiger partial charge >= 0.3 is 6.09 Å². The number of carbonyl (C=O) groups excluding carboxylic acids is 2. The largest absolute Gasteiger partial charge is 0.449 e. The first kappa shape index (κ1) is 25.7. The van der Waals surface area contributed by atoms with Gasteiger partial charge in [0.1, 0.15) is 6.61 Å². The first-order valence-electron chi connectivity index (χ1n) is 13.4. The van der Waals surface area contributed by atoms with Crippen LogP contribution in [0, 0.1) is 0 Å². The number of ether oxygens (including phenoxy) is 1. The fourth-order valence-corrected chi connectivity index (χ4v) is 5.13. The van der Waals surface area contributed by atoms with Crippen LogP contribution < -0.4 is 5.32 Å². The molecule has 3 aromatic rings. The number of hydrogen-bond acceptors (Lipinski definition) is 3. The van der Waals surface area contributed by atoms with Crippen LogP contribution in [0.1, 0.15) is 74.5 Å². The molecule has 1 aliphatic rings. The lowest BCUT2D eigenvalue weighted by atomic mass is 9.98. The normalized spacial score (nSPS) is 13.0. The van der Waals surface area contributed by atoms with Crippen LogP contribution in [-0.4, -0.2) is 24.5 Å². The van der Waals surface area contributed by atoms with Crippen LogP contribution in [0.15, 0.2) is 78.9 Å². The van der Waals surface area contributed by atoms with Crippen molar-refractivity contribution < 1.29 is 14.3 Å². The van der Waals surface area contributed by atoms with E-state index >= 15 is 0 Å². The molecule has 0 aromatic heterocycles. The van der Waals surface area contributed by atoms with Crippen molar-refractivity contribution in [3.63, 3.8) is 0 Å². The number of carbonyl (C=O) groups is 2. The molecule has 188 valence electrons. The topological polar surface area (TPSA) is 55.4 Å². The molecule has 0 heterocycles. The van der Waals surface area contributed by atoms with Crippen molar-refractivity contribution in [3.8, 4) is 11.1 Å². The second-order valence-corrected chi connectivity index (χ2v) is 9.70. The lowest BCUT2D eigenvalue weighted by Gasteiger charge is -2.19. The number of fused-ring (bicyclic) bond motifs is 3. The number of ketones is 1. The molecule has 0 radical (unpaired) electrons. The summed E-state index contributed by atoms with van der Waals surface area (Å²) >= 11 is 0. The van der Waals surface area contributed by atoms with Crippen LogP contribution in [0.5, 0.6) is 0 Å². The summed E-state index contributed by atoms with van der Waals surface area (Å²) in [6.45, 7) is 2.44. The van der Waals surface area contributed by atoms with Gasteiger partial charge in [-0.1, -0.05) is 118 Å². The maximum absolute atomic E-state index is 13.1. The van der Waals surface area contributed by atoms with E-state index in [-0.39, 0.29) is 18.3 Å². The van der Waals surface area contributed by atoms with E-state index in [1.165, 1.54) is 41.5 Å². The van der Waals surface area contributed by atoms with E-state index < -0.39 is 12.1 Å². The summed E-state index contributed by atoms with van der Waals surface area (Å²) in [5.41, 5.74) is 5.76. The van der Waals surface area contributed by atoms with Crippen LogP contribution in [0.2, 0.25) is 0 Å². The highest BCUT2D eigenvalue weighted by Crippen LogP contribution is 2.44. The highest BCUT2D eigenvalue weighted by Gasteiger charge is 2.29. The molecule has 1 N–H and O–H groups in total. The second-order valence-electron chi connectivity index (χ2n) is 9.70. The van der Waals surface area contributed by atoms with Gasteiger partial charge in [0.2, 0.25) is 0 Å². The zero-order valence-corrected chi connectivity index (χ0v) is 21.2. The Morgan fingerprint density at radius 3 is 2.03 bits per heavy atom. The number of amides is 1. The molecular formula is C32H37NO3. The highest BCUT2D eigenvalue weighted by molar-refractivity contribution is 5.87. The Kier molecular flexibility index (Phi) is 9.32. The SMILES string of the molecule is CCCCCCCCC(=O)[C@H](Cc1ccccc1)NC(=O)OCC1c2ccccc2-c2ccccc21. The van der Waals surface area contributed by atoms with Crippen molar-refractivity contribution >= 4 is 11.9 Å². The molecule has 3 aromatic carbocycles. The molecule has 0 bridgehead atoms. The third-order valence-electron chi connectivity index (χ3n) is 7.08. The van der Waals surface area contributed by atoms with E-state index in [1.807, 2.05) is 54.6 Å². The number of hydrogen-bond donors (Lipinski definition) is 1. The van der Waals surface area contributed by atoms with E-state index in [2.05, 4.69) is 36.5 Å². The average molecular weight is 484 g/mol. The number of nitrogens with one attached hydrogen (secondary N) is 1. The Labute approximate surface area is 215 Å². The molecule has 36 heavy (non-hydrogen) atoms. The molecule has 4 heteroatoms. The van der Waals surface area contributed by atoms with Crippen LogP contribution in [-0.2, 0) is 16.0 Å². The van der Waals surface area contributed by atoms with Crippen molar-refractivity contribution in [2.75, 3.05) is 6.61 Å². The van der Waals surface area contributed by atoms with Gasteiger partial charge in [-0.15, -0.1) is 0 Å². The number of benzene rings is 3. The maximum Gasteiger partial charge on any atom is 0.407 e. The quantitative estimate of drug-likeness (QED) is 0.257. The molecule has 1 amide bonds. The molecule has 0 aliphatic heterocycles. The summed E-state index contributed by atoms with van der Waals surface area (Å²) in [7, 11) is 0. The first-order valence-corrected chi connectivity index (χ1v) is 13.4. The molecule has 4 rings (SSSR count). The van der Waals surface area contributed by atoms with Gasteiger partial charge in [0.15, 0.2) is 5.78 Å². The Bertz CT molecular complexity index is 1100. The number of unbranched alkanes of at least 4 members (excludes halogenated alkanes) is 5. The van der Waals surface area contributed by atoms with E-state index in [0.29, 0.717) is 12.8 Å². The monoisotopic (exact) mass is 483 g/mol. The minimum atomic E-state index is -0.585. The molecule has 1 aliphatic carbocycles. The molecule has 0 spiro atoms. The van der Waals surface area contributed by atoms with Crippen LogP contribution in [0.4, 0.5) is 4.79 Å². The van der Waals surface area contributed by atoms with Crippen LogP contribution in [0.25, 0.3) is 11.1 Å². The van der Waals surface area contributed by atoms with Gasteiger partial charge in [0.05, 0.1) is 6.04 Å². The summed E-state index contributed by atoms with van der Waals surface area (Å²) in [6, 6.07) is 25.8. The minimum absolute atomic E-state index is 0.00505. The lowest BCUT2D eigenvalue weighted by molar-refractivity contribution is -0.121. The lowest BCUT2D eigenvalue weighted by Crippen LogP contribution is -2.43. The Balaban J connectivity index is 1.37. The van der Waals surface area contributed by atoms with Gasteiger partial charge in [-0.05, 0) is 40.7 Å². The molecule has 1 atom stereocenters. The van der Waals surface area contributed by atoms with Gasteiger partial charge in [0, 0.05) is 12.3 Å². The van der Waals surface area contributed by atoms with Gasteiger partial charge in [-0.25, -0.2) is 4.79 Å². The van der Waals surface area contributed by atoms with Crippen molar-refractivity contribution in [3.05, 3.63) is 95.6 Å². The van der Waals surface area contributed by atoms with E-state index in [1.54, 1.807) is 0 Å². The third kappa shape index (κ3) is 6.63. The number of rotatable bonds is 13. The Morgan fingerprint density at radius 1 is 0.778 bits per heavy atom. The summed E-state index contributed by atoms with van der Waals surface area (Å²) in [4.78, 5) is 26.0. The predicted molar refractivity (Wildman–Crippen MR) is 145 cm³/mol. The van der Waals surface area contributed by atoms with Gasteiger partial charge < -0.3 is 10.1 Å². The summed E-state index contributed by atoms with van der Waals surface area (Å²) in [5, 5.41) is 2.89. The number of Topliss-reactive ketones (excluding diaryl/α,β-unsaturated/α-hetero) is 1. The molecule has 0 fully saturated rings.